The number of halogens is 1. The van der Waals surface area contributed by atoms with Gasteiger partial charge in [-0.05, 0) is 12.1 Å². The van der Waals surface area contributed by atoms with Crippen molar-refractivity contribution in [1.82, 2.24) is 9.97 Å². The first-order valence-electron chi connectivity index (χ1n) is 6.51. The van der Waals surface area contributed by atoms with Gasteiger partial charge in [0, 0.05) is 42.2 Å². The summed E-state index contributed by atoms with van der Waals surface area (Å²) < 4.78 is 34.2. The summed E-state index contributed by atoms with van der Waals surface area (Å²) in [6, 6.07) is 3.65. The van der Waals surface area contributed by atoms with Crippen LogP contribution in [-0.2, 0) is 15.0 Å². The number of rotatable bonds is 4. The summed E-state index contributed by atoms with van der Waals surface area (Å²) in [4.78, 5) is 21.8. The van der Waals surface area contributed by atoms with E-state index in [1.807, 2.05) is 6.07 Å². The quantitative estimate of drug-likeness (QED) is 0.793. The minimum absolute atomic E-state index is 0.0188. The normalized spacial score (nSPS) is 18.9. The van der Waals surface area contributed by atoms with Crippen LogP contribution in [0.1, 0.15) is 6.42 Å². The number of aromatic nitrogens is 2. The van der Waals surface area contributed by atoms with Gasteiger partial charge in [-0.2, -0.15) is 8.42 Å². The van der Waals surface area contributed by atoms with Crippen LogP contribution in [0.25, 0.3) is 11.3 Å². The van der Waals surface area contributed by atoms with Crippen LogP contribution in [-0.4, -0.2) is 36.6 Å². The Morgan fingerprint density at radius 2 is 2.27 bits per heavy atom. The maximum Gasteiger partial charge on any atom is 0.302 e. The zero-order valence-electron chi connectivity index (χ0n) is 11.3. The molecule has 1 amide bonds. The number of anilines is 1. The average molecular weight is 341 g/mol. The van der Waals surface area contributed by atoms with Crippen LogP contribution in [0, 0.1) is 5.92 Å². The molecule has 1 aliphatic rings. The van der Waals surface area contributed by atoms with E-state index in [4.69, 9.17) is 0 Å². The lowest BCUT2D eigenvalue weighted by Gasteiger charge is -2.12. The first-order chi connectivity index (χ1) is 10.4. The second-order valence-electron chi connectivity index (χ2n) is 5.04. The van der Waals surface area contributed by atoms with E-state index in [-0.39, 0.29) is 18.9 Å². The van der Waals surface area contributed by atoms with Crippen molar-refractivity contribution in [2.45, 2.75) is 6.42 Å². The van der Waals surface area contributed by atoms with E-state index in [0.29, 0.717) is 10.8 Å². The molecule has 1 unspecified atom stereocenters. The van der Waals surface area contributed by atoms with Gasteiger partial charge >= 0.3 is 10.2 Å². The average Bonchev–Trinajstić information content (AvgIpc) is 3.05. The van der Waals surface area contributed by atoms with E-state index in [1.54, 1.807) is 23.8 Å². The number of nitrogens with zero attached hydrogens (tertiary/aromatic N) is 3. The molecule has 0 saturated carbocycles. The topological polar surface area (TPSA) is 80.2 Å². The smallest absolute Gasteiger partial charge is 0.288 e. The van der Waals surface area contributed by atoms with Crippen LogP contribution >= 0.6 is 11.3 Å². The van der Waals surface area contributed by atoms with Gasteiger partial charge in [-0.1, -0.05) is 0 Å². The highest BCUT2D eigenvalue weighted by Crippen LogP contribution is 2.31. The molecule has 6 nitrogen and oxygen atoms in total. The van der Waals surface area contributed by atoms with Crippen LogP contribution in [0.4, 0.5) is 9.02 Å². The van der Waals surface area contributed by atoms with E-state index < -0.39 is 21.9 Å². The molecule has 0 spiro atoms. The highest BCUT2D eigenvalue weighted by atomic mass is 32.3. The van der Waals surface area contributed by atoms with Gasteiger partial charge in [0.25, 0.3) is 0 Å². The molecule has 0 bridgehead atoms. The fraction of sp³-hybridized carbons (Fsp3) is 0.308. The lowest BCUT2D eigenvalue weighted by Crippen LogP contribution is -2.25. The number of carbonyl (C=O) groups is 1. The molecule has 1 fully saturated rings. The van der Waals surface area contributed by atoms with Gasteiger partial charge in [0.2, 0.25) is 5.91 Å². The summed E-state index contributed by atoms with van der Waals surface area (Å²) in [5, 5.41) is 2.29. The molecule has 3 heterocycles. The second-order valence-corrected chi connectivity index (χ2v) is 7.28. The summed E-state index contributed by atoms with van der Waals surface area (Å²) in [6.07, 6.45) is 3.34. The van der Waals surface area contributed by atoms with Crippen LogP contribution in [0.15, 0.2) is 29.9 Å². The Hall–Kier alpha value is -1.87. The molecule has 0 radical (unpaired) electrons. The van der Waals surface area contributed by atoms with E-state index in [0.717, 1.165) is 5.56 Å². The van der Waals surface area contributed by atoms with Crippen LogP contribution < -0.4 is 4.90 Å². The largest absolute Gasteiger partial charge is 0.302 e. The van der Waals surface area contributed by atoms with Crippen molar-refractivity contribution < 1.29 is 17.1 Å². The Kier molecular flexibility index (Phi) is 3.92. The van der Waals surface area contributed by atoms with E-state index in [9.17, 15) is 17.1 Å². The molecule has 1 atom stereocenters. The summed E-state index contributed by atoms with van der Waals surface area (Å²) in [7, 11) is -4.58. The van der Waals surface area contributed by atoms with Gasteiger partial charge in [0.1, 0.15) is 0 Å². The molecule has 0 N–H and O–H groups in total. The predicted molar refractivity (Wildman–Crippen MR) is 80.7 cm³/mol. The molecule has 116 valence electrons. The number of hydrogen-bond acceptors (Lipinski definition) is 6. The maximum absolute atomic E-state index is 12.7. The second kappa shape index (κ2) is 5.73. The van der Waals surface area contributed by atoms with Crippen LogP contribution in [0.3, 0.4) is 0 Å². The Bertz CT molecular complexity index is 792. The van der Waals surface area contributed by atoms with Crippen molar-refractivity contribution in [1.29, 1.82) is 0 Å². The van der Waals surface area contributed by atoms with E-state index >= 15 is 0 Å². The standard InChI is InChI=1S/C13H12FN3O3S2/c14-22(19,20)8-9-4-12(18)17(6-9)13-16-11(7-21-13)10-2-1-3-15-5-10/h1-3,5,7,9H,4,6,8H2. The molecule has 0 aromatic carbocycles. The highest BCUT2D eigenvalue weighted by Gasteiger charge is 2.35. The first kappa shape index (κ1) is 15.0. The molecule has 2 aromatic rings. The fourth-order valence-electron chi connectivity index (χ4n) is 2.39. The number of hydrogen-bond donors (Lipinski definition) is 0. The van der Waals surface area contributed by atoms with Crippen molar-refractivity contribution in [2.75, 3.05) is 17.2 Å². The molecule has 3 rings (SSSR count). The zero-order chi connectivity index (χ0) is 15.7. The van der Waals surface area contributed by atoms with Gasteiger partial charge in [0.05, 0.1) is 11.4 Å². The van der Waals surface area contributed by atoms with Gasteiger partial charge < -0.3 is 0 Å². The maximum atomic E-state index is 12.7. The Morgan fingerprint density at radius 3 is 2.95 bits per heavy atom. The van der Waals surface area contributed by atoms with Crippen molar-refractivity contribution in [3.8, 4) is 11.3 Å². The number of carbonyl (C=O) groups excluding carboxylic acids is 1. The lowest BCUT2D eigenvalue weighted by molar-refractivity contribution is -0.117. The van der Waals surface area contributed by atoms with Crippen molar-refractivity contribution in [3.05, 3.63) is 29.9 Å². The Balaban J connectivity index is 1.78. The molecule has 0 aliphatic carbocycles. The lowest BCUT2D eigenvalue weighted by atomic mass is 10.1. The SMILES string of the molecule is O=C1CC(CS(=O)(=O)F)CN1c1nc(-c2cccnc2)cs1. The molecular weight excluding hydrogens is 329 g/mol. The van der Waals surface area contributed by atoms with Gasteiger partial charge in [0.15, 0.2) is 5.13 Å². The highest BCUT2D eigenvalue weighted by molar-refractivity contribution is 7.86. The molecular formula is C13H12FN3O3S2. The van der Waals surface area contributed by atoms with Gasteiger partial charge in [-0.15, -0.1) is 15.2 Å². The molecule has 9 heteroatoms. The molecule has 1 saturated heterocycles. The number of thiazole rings is 1. The third-order valence-corrected chi connectivity index (χ3v) is 5.05. The minimum Gasteiger partial charge on any atom is -0.288 e. The number of pyridine rings is 1. The van der Waals surface area contributed by atoms with Gasteiger partial charge in [-0.3, -0.25) is 14.7 Å². The van der Waals surface area contributed by atoms with Gasteiger partial charge in [-0.25, -0.2) is 4.98 Å². The first-order valence-corrected chi connectivity index (χ1v) is 8.94. The zero-order valence-corrected chi connectivity index (χ0v) is 13.0. The summed E-state index contributed by atoms with van der Waals surface area (Å²) in [5.74, 6) is -1.40. The molecule has 2 aromatic heterocycles. The van der Waals surface area contributed by atoms with Crippen molar-refractivity contribution in [3.63, 3.8) is 0 Å². The molecule has 22 heavy (non-hydrogen) atoms. The van der Waals surface area contributed by atoms with Crippen molar-refractivity contribution >= 4 is 32.6 Å². The van der Waals surface area contributed by atoms with Crippen LogP contribution in [0.2, 0.25) is 0 Å². The molecule has 1 aliphatic heterocycles. The third kappa shape index (κ3) is 3.30. The summed E-state index contributed by atoms with van der Waals surface area (Å²) in [6.45, 7) is 0.169. The predicted octanol–water partition coefficient (Wildman–Crippen LogP) is 1.86. The minimum atomic E-state index is -4.58. The summed E-state index contributed by atoms with van der Waals surface area (Å²) >= 11 is 1.29. The third-order valence-electron chi connectivity index (χ3n) is 3.32. The summed E-state index contributed by atoms with van der Waals surface area (Å²) in [5.41, 5.74) is 1.53. The van der Waals surface area contributed by atoms with E-state index in [1.165, 1.54) is 16.2 Å². The number of amides is 1. The Morgan fingerprint density at radius 1 is 1.45 bits per heavy atom. The Labute approximate surface area is 130 Å². The van der Waals surface area contributed by atoms with E-state index in [2.05, 4.69) is 9.97 Å². The fourth-order valence-corrected chi connectivity index (χ4v) is 4.04. The van der Waals surface area contributed by atoms with Crippen molar-refractivity contribution in [2.24, 2.45) is 5.92 Å². The monoisotopic (exact) mass is 341 g/mol. The van der Waals surface area contributed by atoms with Crippen LogP contribution in [0.5, 0.6) is 0 Å².